The Kier molecular flexibility index (Phi) is 2.87. The Hall–Kier alpha value is -1.40. The van der Waals surface area contributed by atoms with E-state index in [1.165, 1.54) is 19.9 Å². The van der Waals surface area contributed by atoms with Gasteiger partial charge in [-0.25, -0.2) is 8.78 Å². The molecule has 1 aromatic carbocycles. The largest absolute Gasteiger partial charge is 0.378 e. The summed E-state index contributed by atoms with van der Waals surface area (Å²) in [5, 5.41) is 9.24. The van der Waals surface area contributed by atoms with Gasteiger partial charge in [-0.15, -0.1) is 0 Å². The highest BCUT2D eigenvalue weighted by atomic mass is 19.1. The summed E-state index contributed by atoms with van der Waals surface area (Å²) in [7, 11) is 0. The first-order valence-electron chi connectivity index (χ1n) is 4.10. The summed E-state index contributed by atoms with van der Waals surface area (Å²) in [4.78, 5) is 0. The molecule has 0 fully saturated rings. The van der Waals surface area contributed by atoms with Crippen molar-refractivity contribution in [1.82, 2.24) is 0 Å². The van der Waals surface area contributed by atoms with Crippen molar-refractivity contribution in [3.8, 4) is 11.8 Å². The molecular weight excluding hydrogens is 186 g/mol. The van der Waals surface area contributed by atoms with Gasteiger partial charge in [0.1, 0.15) is 17.2 Å². The zero-order chi connectivity index (χ0) is 10.8. The van der Waals surface area contributed by atoms with Crippen LogP contribution in [0.2, 0.25) is 0 Å². The lowest BCUT2D eigenvalue weighted by Gasteiger charge is -2.06. The number of hydrogen-bond donors (Lipinski definition) is 1. The molecule has 0 unspecified atom stereocenters. The molecule has 0 atom stereocenters. The van der Waals surface area contributed by atoms with Crippen LogP contribution in [0.1, 0.15) is 19.4 Å². The van der Waals surface area contributed by atoms with E-state index in [2.05, 4.69) is 11.8 Å². The minimum atomic E-state index is -1.26. The quantitative estimate of drug-likeness (QED) is 0.630. The van der Waals surface area contributed by atoms with E-state index in [1.807, 2.05) is 0 Å². The van der Waals surface area contributed by atoms with Crippen molar-refractivity contribution in [2.75, 3.05) is 0 Å². The summed E-state index contributed by atoms with van der Waals surface area (Å²) >= 11 is 0. The summed E-state index contributed by atoms with van der Waals surface area (Å²) in [6.45, 7) is 2.89. The minimum Gasteiger partial charge on any atom is -0.378 e. The molecule has 0 bridgehead atoms. The molecule has 0 saturated carbocycles. The highest BCUT2D eigenvalue weighted by Crippen LogP contribution is 2.10. The Morgan fingerprint density at radius 2 is 1.71 bits per heavy atom. The van der Waals surface area contributed by atoms with Crippen LogP contribution in [0, 0.1) is 23.5 Å². The lowest BCUT2D eigenvalue weighted by Crippen LogP contribution is -2.14. The van der Waals surface area contributed by atoms with Crippen molar-refractivity contribution in [2.24, 2.45) is 0 Å². The van der Waals surface area contributed by atoms with Crippen molar-refractivity contribution >= 4 is 0 Å². The van der Waals surface area contributed by atoms with Gasteiger partial charge in [-0.3, -0.25) is 0 Å². The SMILES string of the molecule is CC(C)(O)C#Cc1c(F)cccc1F. The third-order valence-corrected chi connectivity index (χ3v) is 1.46. The number of benzene rings is 1. The highest BCUT2D eigenvalue weighted by Gasteiger charge is 2.08. The lowest BCUT2D eigenvalue weighted by molar-refractivity contribution is 0.143. The van der Waals surface area contributed by atoms with Gasteiger partial charge in [-0.1, -0.05) is 17.9 Å². The highest BCUT2D eigenvalue weighted by molar-refractivity contribution is 5.38. The van der Waals surface area contributed by atoms with Crippen molar-refractivity contribution in [2.45, 2.75) is 19.4 Å². The number of aliphatic hydroxyl groups is 1. The first kappa shape index (κ1) is 10.7. The molecule has 74 valence electrons. The Morgan fingerprint density at radius 3 is 2.14 bits per heavy atom. The van der Waals surface area contributed by atoms with E-state index in [9.17, 15) is 13.9 Å². The van der Waals surface area contributed by atoms with Crippen molar-refractivity contribution in [1.29, 1.82) is 0 Å². The molecule has 0 saturated heterocycles. The van der Waals surface area contributed by atoms with Crippen LogP contribution in [-0.4, -0.2) is 10.7 Å². The van der Waals surface area contributed by atoms with E-state index >= 15 is 0 Å². The second-order valence-electron chi connectivity index (χ2n) is 3.41. The minimum absolute atomic E-state index is 0.311. The summed E-state index contributed by atoms with van der Waals surface area (Å²) in [6, 6.07) is 3.51. The molecule has 0 aliphatic carbocycles. The average molecular weight is 196 g/mol. The normalized spacial score (nSPS) is 10.6. The second-order valence-corrected chi connectivity index (χ2v) is 3.41. The van der Waals surface area contributed by atoms with Gasteiger partial charge in [0.25, 0.3) is 0 Å². The van der Waals surface area contributed by atoms with Gasteiger partial charge >= 0.3 is 0 Å². The molecule has 0 amide bonds. The third-order valence-electron chi connectivity index (χ3n) is 1.46. The van der Waals surface area contributed by atoms with Gasteiger partial charge in [0.15, 0.2) is 0 Å². The van der Waals surface area contributed by atoms with Crippen molar-refractivity contribution in [3.63, 3.8) is 0 Å². The molecule has 1 rings (SSSR count). The van der Waals surface area contributed by atoms with Gasteiger partial charge in [0.2, 0.25) is 0 Å². The molecule has 1 aromatic rings. The fourth-order valence-corrected chi connectivity index (χ4v) is 0.833. The fourth-order valence-electron chi connectivity index (χ4n) is 0.833. The van der Waals surface area contributed by atoms with Gasteiger partial charge in [0, 0.05) is 0 Å². The van der Waals surface area contributed by atoms with E-state index in [4.69, 9.17) is 0 Å². The van der Waals surface area contributed by atoms with E-state index in [0.717, 1.165) is 12.1 Å². The molecule has 1 nitrogen and oxygen atoms in total. The fraction of sp³-hybridized carbons (Fsp3) is 0.273. The first-order valence-corrected chi connectivity index (χ1v) is 4.10. The maximum atomic E-state index is 13.0. The summed E-state index contributed by atoms with van der Waals surface area (Å²) < 4.78 is 26.0. The van der Waals surface area contributed by atoms with E-state index in [1.54, 1.807) is 0 Å². The predicted molar refractivity (Wildman–Crippen MR) is 49.5 cm³/mol. The summed E-state index contributed by atoms with van der Waals surface area (Å²) in [5.41, 5.74) is -1.57. The van der Waals surface area contributed by atoms with Crippen LogP contribution in [0.5, 0.6) is 0 Å². The van der Waals surface area contributed by atoms with Crippen LogP contribution < -0.4 is 0 Å². The number of rotatable bonds is 0. The van der Waals surface area contributed by atoms with E-state index in [-0.39, 0.29) is 5.56 Å². The van der Waals surface area contributed by atoms with E-state index < -0.39 is 17.2 Å². The molecule has 0 aliphatic heterocycles. The Morgan fingerprint density at radius 1 is 1.21 bits per heavy atom. The molecule has 0 aromatic heterocycles. The molecule has 0 heterocycles. The zero-order valence-corrected chi connectivity index (χ0v) is 7.94. The monoisotopic (exact) mass is 196 g/mol. The molecule has 3 heteroatoms. The van der Waals surface area contributed by atoms with Crippen molar-refractivity contribution in [3.05, 3.63) is 35.4 Å². The maximum Gasteiger partial charge on any atom is 0.141 e. The first-order chi connectivity index (χ1) is 6.40. The Balaban J connectivity index is 3.13. The van der Waals surface area contributed by atoms with Crippen LogP contribution in [0.4, 0.5) is 8.78 Å². The maximum absolute atomic E-state index is 13.0. The Labute approximate surface area is 81.4 Å². The van der Waals surface area contributed by atoms with Crippen molar-refractivity contribution < 1.29 is 13.9 Å². The lowest BCUT2D eigenvalue weighted by atomic mass is 10.1. The summed E-state index contributed by atoms with van der Waals surface area (Å²) in [6.07, 6.45) is 0. The second kappa shape index (κ2) is 3.77. The molecule has 0 aliphatic rings. The molecule has 14 heavy (non-hydrogen) atoms. The molecule has 0 radical (unpaired) electrons. The Bertz CT molecular complexity index is 374. The third kappa shape index (κ3) is 2.82. The van der Waals surface area contributed by atoms with Crippen LogP contribution in [0.15, 0.2) is 18.2 Å². The molecule has 1 N–H and O–H groups in total. The number of halogens is 2. The average Bonchev–Trinajstić information content (AvgIpc) is 2.01. The summed E-state index contributed by atoms with van der Waals surface area (Å²) in [5.74, 6) is 3.18. The van der Waals surface area contributed by atoms with Gasteiger partial charge in [-0.2, -0.15) is 0 Å². The van der Waals surface area contributed by atoms with Crippen LogP contribution in [0.25, 0.3) is 0 Å². The van der Waals surface area contributed by atoms with Crippen LogP contribution in [0.3, 0.4) is 0 Å². The standard InChI is InChI=1S/C11H10F2O/c1-11(2,14)7-6-8-9(12)4-3-5-10(8)13/h3-5,14H,1-2H3. The van der Waals surface area contributed by atoms with Crippen LogP contribution in [-0.2, 0) is 0 Å². The molecule has 0 spiro atoms. The number of hydrogen-bond acceptors (Lipinski definition) is 1. The zero-order valence-electron chi connectivity index (χ0n) is 7.94. The predicted octanol–water partition coefficient (Wildman–Crippen LogP) is 2.09. The molecular formula is C11H10F2O. The van der Waals surface area contributed by atoms with Gasteiger partial charge < -0.3 is 5.11 Å². The van der Waals surface area contributed by atoms with Crippen LogP contribution >= 0.6 is 0 Å². The van der Waals surface area contributed by atoms with E-state index in [0.29, 0.717) is 0 Å². The topological polar surface area (TPSA) is 20.2 Å². The smallest absolute Gasteiger partial charge is 0.141 e. The van der Waals surface area contributed by atoms with Gasteiger partial charge in [-0.05, 0) is 26.0 Å². The van der Waals surface area contributed by atoms with Gasteiger partial charge in [0.05, 0.1) is 5.56 Å².